The smallest absolute Gasteiger partial charge is 0.186 e. The minimum atomic E-state index is -0.284. The van der Waals surface area contributed by atoms with Gasteiger partial charge in [0.25, 0.3) is 0 Å². The molecule has 80 valence electrons. The van der Waals surface area contributed by atoms with Crippen molar-refractivity contribution in [3.8, 4) is 0 Å². The highest BCUT2D eigenvalue weighted by atomic mass is 32.1. The molecule has 0 aromatic heterocycles. The summed E-state index contributed by atoms with van der Waals surface area (Å²) in [6.45, 7) is 2.67. The molecule has 0 saturated heterocycles. The normalized spacial score (nSPS) is 10.3. The van der Waals surface area contributed by atoms with Crippen molar-refractivity contribution in [2.75, 3.05) is 6.54 Å². The van der Waals surface area contributed by atoms with E-state index in [4.69, 9.17) is 12.2 Å². The van der Waals surface area contributed by atoms with Gasteiger partial charge in [-0.2, -0.15) is 5.10 Å². The fourth-order valence-electron chi connectivity index (χ4n) is 0.952. The molecule has 0 bridgehead atoms. The van der Waals surface area contributed by atoms with Gasteiger partial charge >= 0.3 is 0 Å². The van der Waals surface area contributed by atoms with Crippen LogP contribution < -0.4 is 10.7 Å². The van der Waals surface area contributed by atoms with Crippen molar-refractivity contribution in [1.29, 1.82) is 0 Å². The zero-order chi connectivity index (χ0) is 11.1. The van der Waals surface area contributed by atoms with E-state index in [0.29, 0.717) is 10.7 Å². The van der Waals surface area contributed by atoms with Crippen molar-refractivity contribution in [1.82, 2.24) is 10.7 Å². The van der Waals surface area contributed by atoms with E-state index in [0.717, 1.165) is 6.54 Å². The van der Waals surface area contributed by atoms with Crippen LogP contribution in [0, 0.1) is 5.82 Å². The van der Waals surface area contributed by atoms with Crippen LogP contribution in [0.15, 0.2) is 29.4 Å². The van der Waals surface area contributed by atoms with E-state index < -0.39 is 0 Å². The molecular weight excluding hydrogens is 213 g/mol. The zero-order valence-electron chi connectivity index (χ0n) is 8.33. The second-order valence-electron chi connectivity index (χ2n) is 2.78. The fraction of sp³-hybridized carbons (Fsp3) is 0.200. The Kier molecular flexibility index (Phi) is 4.70. The maximum Gasteiger partial charge on any atom is 0.186 e. The molecule has 0 unspecified atom stereocenters. The molecule has 5 heteroatoms. The molecule has 0 aliphatic heterocycles. The van der Waals surface area contributed by atoms with Crippen molar-refractivity contribution >= 4 is 23.5 Å². The summed E-state index contributed by atoms with van der Waals surface area (Å²) in [6, 6.07) is 6.15. The SMILES string of the molecule is CCNC(=S)N/N=C\c1cccc(F)c1. The van der Waals surface area contributed by atoms with E-state index in [9.17, 15) is 4.39 Å². The Bertz CT molecular complexity index is 365. The monoisotopic (exact) mass is 225 g/mol. The number of hydrazone groups is 1. The highest BCUT2D eigenvalue weighted by Crippen LogP contribution is 1.99. The van der Waals surface area contributed by atoms with Gasteiger partial charge in [0, 0.05) is 6.54 Å². The summed E-state index contributed by atoms with van der Waals surface area (Å²) >= 11 is 4.88. The lowest BCUT2D eigenvalue weighted by molar-refractivity contribution is 0.627. The maximum atomic E-state index is 12.8. The number of hydrogen-bond donors (Lipinski definition) is 2. The minimum Gasteiger partial charge on any atom is -0.362 e. The molecule has 1 rings (SSSR count). The van der Waals surface area contributed by atoms with E-state index >= 15 is 0 Å². The molecule has 0 heterocycles. The van der Waals surface area contributed by atoms with E-state index in [1.54, 1.807) is 12.1 Å². The van der Waals surface area contributed by atoms with Crippen molar-refractivity contribution in [2.45, 2.75) is 6.92 Å². The largest absolute Gasteiger partial charge is 0.362 e. The number of halogens is 1. The molecule has 3 nitrogen and oxygen atoms in total. The van der Waals surface area contributed by atoms with Crippen LogP contribution in [0.2, 0.25) is 0 Å². The van der Waals surface area contributed by atoms with E-state index in [2.05, 4.69) is 15.8 Å². The lowest BCUT2D eigenvalue weighted by atomic mass is 10.2. The van der Waals surface area contributed by atoms with Gasteiger partial charge in [-0.1, -0.05) is 12.1 Å². The summed E-state index contributed by atoms with van der Waals surface area (Å²) in [5.41, 5.74) is 3.30. The second-order valence-corrected chi connectivity index (χ2v) is 3.19. The molecule has 0 fully saturated rings. The molecule has 0 aliphatic carbocycles. The molecule has 15 heavy (non-hydrogen) atoms. The molecule has 1 aromatic rings. The Morgan fingerprint density at radius 1 is 1.60 bits per heavy atom. The summed E-state index contributed by atoms with van der Waals surface area (Å²) in [6.07, 6.45) is 1.51. The van der Waals surface area contributed by atoms with Crippen LogP contribution in [0.1, 0.15) is 12.5 Å². The molecular formula is C10H12FN3S. The first-order chi connectivity index (χ1) is 7.22. The Morgan fingerprint density at radius 3 is 3.07 bits per heavy atom. The van der Waals surface area contributed by atoms with E-state index in [1.807, 2.05) is 6.92 Å². The van der Waals surface area contributed by atoms with Gasteiger partial charge in [0.15, 0.2) is 5.11 Å². The van der Waals surface area contributed by atoms with Crippen LogP contribution in [-0.4, -0.2) is 17.9 Å². The van der Waals surface area contributed by atoms with E-state index in [1.165, 1.54) is 18.3 Å². The molecule has 0 radical (unpaired) electrons. The van der Waals surface area contributed by atoms with Crippen LogP contribution in [0.25, 0.3) is 0 Å². The van der Waals surface area contributed by atoms with Gasteiger partial charge in [0.2, 0.25) is 0 Å². The third kappa shape index (κ3) is 4.51. The first kappa shape index (κ1) is 11.6. The molecule has 0 aliphatic rings. The van der Waals surface area contributed by atoms with Gasteiger partial charge in [0.1, 0.15) is 5.82 Å². The zero-order valence-corrected chi connectivity index (χ0v) is 9.14. The Balaban J connectivity index is 2.48. The summed E-state index contributed by atoms with van der Waals surface area (Å²) in [4.78, 5) is 0. The first-order valence-corrected chi connectivity index (χ1v) is 4.95. The average molecular weight is 225 g/mol. The van der Waals surface area contributed by atoms with Crippen molar-refractivity contribution in [2.24, 2.45) is 5.10 Å². The van der Waals surface area contributed by atoms with Gasteiger partial charge in [0.05, 0.1) is 6.21 Å². The van der Waals surface area contributed by atoms with Crippen LogP contribution in [0.5, 0.6) is 0 Å². The molecule has 0 atom stereocenters. The molecule has 2 N–H and O–H groups in total. The van der Waals surface area contributed by atoms with Crippen molar-refractivity contribution in [3.63, 3.8) is 0 Å². The van der Waals surface area contributed by atoms with Gasteiger partial charge in [-0.15, -0.1) is 0 Å². The lowest BCUT2D eigenvalue weighted by Gasteiger charge is -2.02. The van der Waals surface area contributed by atoms with Gasteiger partial charge in [-0.25, -0.2) is 4.39 Å². The number of benzene rings is 1. The Morgan fingerprint density at radius 2 is 2.40 bits per heavy atom. The van der Waals surface area contributed by atoms with E-state index in [-0.39, 0.29) is 5.82 Å². The predicted octanol–water partition coefficient (Wildman–Crippen LogP) is 1.64. The summed E-state index contributed by atoms with van der Waals surface area (Å²) in [5.74, 6) is -0.284. The van der Waals surface area contributed by atoms with Crippen LogP contribution in [0.4, 0.5) is 4.39 Å². The number of hydrogen-bond acceptors (Lipinski definition) is 2. The highest BCUT2D eigenvalue weighted by Gasteiger charge is 1.91. The molecule has 0 amide bonds. The molecule has 0 spiro atoms. The Hall–Kier alpha value is -1.49. The van der Waals surface area contributed by atoms with Crippen LogP contribution in [0.3, 0.4) is 0 Å². The highest BCUT2D eigenvalue weighted by molar-refractivity contribution is 7.80. The summed E-state index contributed by atoms with van der Waals surface area (Å²) in [7, 11) is 0. The fourth-order valence-corrected chi connectivity index (χ4v) is 1.15. The number of nitrogens with one attached hydrogen (secondary N) is 2. The third-order valence-corrected chi connectivity index (χ3v) is 1.80. The van der Waals surface area contributed by atoms with Gasteiger partial charge in [-0.3, -0.25) is 5.43 Å². The number of thiocarbonyl (C=S) groups is 1. The third-order valence-electron chi connectivity index (χ3n) is 1.57. The van der Waals surface area contributed by atoms with Crippen LogP contribution >= 0.6 is 12.2 Å². The van der Waals surface area contributed by atoms with Gasteiger partial charge < -0.3 is 5.32 Å². The average Bonchev–Trinajstić information content (AvgIpc) is 2.18. The lowest BCUT2D eigenvalue weighted by Crippen LogP contribution is -2.31. The van der Waals surface area contributed by atoms with Crippen molar-refractivity contribution < 1.29 is 4.39 Å². The summed E-state index contributed by atoms with van der Waals surface area (Å²) in [5, 5.41) is 7.18. The minimum absolute atomic E-state index is 0.284. The van der Waals surface area contributed by atoms with Gasteiger partial charge in [-0.05, 0) is 36.8 Å². The quantitative estimate of drug-likeness (QED) is 0.466. The van der Waals surface area contributed by atoms with Crippen molar-refractivity contribution in [3.05, 3.63) is 35.6 Å². The number of nitrogens with zero attached hydrogens (tertiary/aromatic N) is 1. The first-order valence-electron chi connectivity index (χ1n) is 4.55. The standard InChI is InChI=1S/C10H12FN3S/c1-2-12-10(15)14-13-7-8-4-3-5-9(11)6-8/h3-7H,2H2,1H3,(H2,12,14,15)/b13-7-. The maximum absolute atomic E-state index is 12.8. The number of rotatable bonds is 3. The topological polar surface area (TPSA) is 36.4 Å². The summed E-state index contributed by atoms with van der Waals surface area (Å²) < 4.78 is 12.8. The predicted molar refractivity (Wildman–Crippen MR) is 63.4 cm³/mol. The molecule has 0 saturated carbocycles. The second kappa shape index (κ2) is 6.08. The Labute approximate surface area is 93.4 Å². The van der Waals surface area contributed by atoms with Crippen LogP contribution in [-0.2, 0) is 0 Å². The molecule has 1 aromatic carbocycles.